The second kappa shape index (κ2) is 8.67. The van der Waals surface area contributed by atoms with E-state index >= 15 is 0 Å². The maximum absolute atomic E-state index is 12.2. The monoisotopic (exact) mass is 319 g/mol. The van der Waals surface area contributed by atoms with Gasteiger partial charge in [-0.05, 0) is 37.8 Å². The number of hydrogen-bond donors (Lipinski definition) is 2. The predicted molar refractivity (Wildman–Crippen MR) is 87.9 cm³/mol. The van der Waals surface area contributed by atoms with E-state index in [1.165, 1.54) is 5.56 Å². The average Bonchev–Trinajstić information content (AvgIpc) is 2.54. The fourth-order valence-corrected chi connectivity index (χ4v) is 3.06. The summed E-state index contributed by atoms with van der Waals surface area (Å²) < 4.78 is 5.10. The van der Waals surface area contributed by atoms with E-state index < -0.39 is 0 Å². The van der Waals surface area contributed by atoms with Crippen LogP contribution in [0.15, 0.2) is 24.3 Å². The van der Waals surface area contributed by atoms with Crippen molar-refractivity contribution < 1.29 is 19.2 Å². The number of ether oxygens (including phenoxy) is 1. The molecule has 0 spiro atoms. The number of hydrogen-bond acceptors (Lipinski definition) is 3. The summed E-state index contributed by atoms with van der Waals surface area (Å²) in [6, 6.07) is 8.05. The Labute approximate surface area is 138 Å². The average molecular weight is 319 g/mol. The Morgan fingerprint density at radius 1 is 1.35 bits per heavy atom. The molecule has 1 amide bonds. The number of amides is 1. The second-order valence-corrected chi connectivity index (χ2v) is 6.18. The maximum Gasteiger partial charge on any atom is 0.314 e. The third-order valence-electron chi connectivity index (χ3n) is 4.39. The smallest absolute Gasteiger partial charge is 0.314 e. The van der Waals surface area contributed by atoms with E-state index in [0.29, 0.717) is 26.2 Å². The molecule has 5 nitrogen and oxygen atoms in total. The summed E-state index contributed by atoms with van der Waals surface area (Å²) in [6.07, 6.45) is 1.83. The number of benzene rings is 1. The highest BCUT2D eigenvalue weighted by Gasteiger charge is 2.30. The van der Waals surface area contributed by atoms with Crippen LogP contribution >= 0.6 is 0 Å². The summed E-state index contributed by atoms with van der Waals surface area (Å²) in [6.45, 7) is 6.89. The summed E-state index contributed by atoms with van der Waals surface area (Å²) in [5.74, 6) is -0.152. The van der Waals surface area contributed by atoms with Crippen LogP contribution in [0.25, 0.3) is 0 Å². The van der Waals surface area contributed by atoms with Gasteiger partial charge in [-0.25, -0.2) is 0 Å². The third kappa shape index (κ3) is 5.36. The van der Waals surface area contributed by atoms with Gasteiger partial charge in [0.1, 0.15) is 5.92 Å². The van der Waals surface area contributed by atoms with Gasteiger partial charge in [0, 0.05) is 6.54 Å². The number of carbonyl (C=O) groups is 2. The molecule has 0 saturated carbocycles. The zero-order valence-corrected chi connectivity index (χ0v) is 14.1. The van der Waals surface area contributed by atoms with E-state index in [2.05, 4.69) is 5.32 Å². The Hall–Kier alpha value is -1.88. The minimum atomic E-state index is -0.120. The molecule has 1 aromatic carbocycles. The van der Waals surface area contributed by atoms with Gasteiger partial charge < -0.3 is 15.0 Å². The molecule has 0 radical (unpaired) electrons. The molecule has 1 aliphatic rings. The topological polar surface area (TPSA) is 59.8 Å². The van der Waals surface area contributed by atoms with Gasteiger partial charge in [0.25, 0.3) is 5.91 Å². The van der Waals surface area contributed by atoms with Crippen LogP contribution in [-0.2, 0) is 20.9 Å². The molecule has 1 heterocycles. The van der Waals surface area contributed by atoms with Gasteiger partial charge in [-0.15, -0.1) is 0 Å². The number of aryl methyl sites for hydroxylation is 1. The first-order valence-electron chi connectivity index (χ1n) is 8.41. The van der Waals surface area contributed by atoms with Crippen LogP contribution < -0.4 is 10.2 Å². The fraction of sp³-hybridized carbons (Fsp3) is 0.556. The van der Waals surface area contributed by atoms with E-state index in [1.807, 2.05) is 38.1 Å². The lowest BCUT2D eigenvalue weighted by atomic mass is 9.98. The Morgan fingerprint density at radius 3 is 2.87 bits per heavy atom. The van der Waals surface area contributed by atoms with Crippen LogP contribution in [-0.4, -0.2) is 38.1 Å². The molecule has 1 fully saturated rings. The van der Waals surface area contributed by atoms with Crippen LogP contribution in [0.1, 0.15) is 30.9 Å². The van der Waals surface area contributed by atoms with Gasteiger partial charge in [0.05, 0.1) is 19.7 Å². The van der Waals surface area contributed by atoms with Gasteiger partial charge in [0.15, 0.2) is 6.54 Å². The first-order valence-corrected chi connectivity index (χ1v) is 8.41. The molecule has 126 valence electrons. The first kappa shape index (κ1) is 17.5. The van der Waals surface area contributed by atoms with Crippen molar-refractivity contribution in [2.45, 2.75) is 33.2 Å². The van der Waals surface area contributed by atoms with Crippen LogP contribution in [0.3, 0.4) is 0 Å². The minimum absolute atomic E-state index is 0.0350. The highest BCUT2D eigenvalue weighted by molar-refractivity contribution is 5.77. The van der Waals surface area contributed by atoms with Crippen molar-refractivity contribution in [2.24, 2.45) is 5.92 Å². The fourth-order valence-electron chi connectivity index (χ4n) is 3.06. The highest BCUT2D eigenvalue weighted by Crippen LogP contribution is 2.09. The Balaban J connectivity index is 1.78. The largest absolute Gasteiger partial charge is 0.466 e. The Bertz CT molecular complexity index is 545. The Morgan fingerprint density at radius 2 is 2.13 bits per heavy atom. The number of quaternary nitrogens is 1. The number of carbonyl (C=O) groups excluding carboxylic acids is 2. The molecule has 2 atom stereocenters. The zero-order valence-electron chi connectivity index (χ0n) is 14.1. The lowest BCUT2D eigenvalue weighted by Gasteiger charge is -2.28. The first-order chi connectivity index (χ1) is 11.1. The van der Waals surface area contributed by atoms with Crippen LogP contribution in [0.2, 0.25) is 0 Å². The number of nitrogens with one attached hydrogen (secondary N) is 2. The van der Waals surface area contributed by atoms with E-state index in [0.717, 1.165) is 29.8 Å². The summed E-state index contributed by atoms with van der Waals surface area (Å²) in [7, 11) is 0. The maximum atomic E-state index is 12.2. The van der Waals surface area contributed by atoms with Crippen molar-refractivity contribution >= 4 is 11.9 Å². The van der Waals surface area contributed by atoms with Gasteiger partial charge >= 0.3 is 5.97 Å². The summed E-state index contributed by atoms with van der Waals surface area (Å²) in [5.41, 5.74) is 2.32. The summed E-state index contributed by atoms with van der Waals surface area (Å²) in [4.78, 5) is 25.2. The van der Waals surface area contributed by atoms with Crippen molar-refractivity contribution in [3.05, 3.63) is 35.4 Å². The molecule has 1 aliphatic heterocycles. The number of likely N-dealkylation sites (tertiary alicyclic amines) is 1. The molecule has 1 saturated heterocycles. The standard InChI is InChI=1S/C18H26N2O3/c1-3-23-18(22)16-9-6-10-20(12-16)13-17(21)19-11-15-8-5-4-7-14(15)2/h4-5,7-8,16H,3,6,9-13H2,1-2H3,(H,19,21)/p+1/t16-/m0/s1. The molecule has 1 aromatic rings. The zero-order chi connectivity index (χ0) is 16.7. The number of esters is 1. The van der Waals surface area contributed by atoms with Crippen molar-refractivity contribution in [3.63, 3.8) is 0 Å². The second-order valence-electron chi connectivity index (χ2n) is 6.18. The lowest BCUT2D eigenvalue weighted by Crippen LogP contribution is -3.14. The molecule has 23 heavy (non-hydrogen) atoms. The predicted octanol–water partition coefficient (Wildman–Crippen LogP) is 0.469. The Kier molecular flexibility index (Phi) is 6.59. The molecule has 2 N–H and O–H groups in total. The van der Waals surface area contributed by atoms with Gasteiger partial charge in [-0.3, -0.25) is 9.59 Å². The van der Waals surface area contributed by atoms with Crippen LogP contribution in [0.5, 0.6) is 0 Å². The van der Waals surface area contributed by atoms with E-state index in [-0.39, 0.29) is 17.8 Å². The molecular formula is C18H27N2O3+. The van der Waals surface area contributed by atoms with Gasteiger partial charge in [0.2, 0.25) is 0 Å². The third-order valence-corrected chi connectivity index (χ3v) is 4.39. The quantitative estimate of drug-likeness (QED) is 0.750. The lowest BCUT2D eigenvalue weighted by molar-refractivity contribution is -0.899. The van der Waals surface area contributed by atoms with Crippen molar-refractivity contribution in [3.8, 4) is 0 Å². The number of piperidine rings is 1. The van der Waals surface area contributed by atoms with E-state index in [4.69, 9.17) is 4.74 Å². The number of rotatable bonds is 6. The molecule has 0 bridgehead atoms. The van der Waals surface area contributed by atoms with E-state index in [1.54, 1.807) is 0 Å². The summed E-state index contributed by atoms with van der Waals surface area (Å²) >= 11 is 0. The van der Waals surface area contributed by atoms with Gasteiger partial charge in [-0.2, -0.15) is 0 Å². The van der Waals surface area contributed by atoms with Crippen LogP contribution in [0.4, 0.5) is 0 Å². The van der Waals surface area contributed by atoms with Crippen LogP contribution in [0, 0.1) is 12.8 Å². The van der Waals surface area contributed by atoms with Gasteiger partial charge in [-0.1, -0.05) is 24.3 Å². The van der Waals surface area contributed by atoms with Crippen molar-refractivity contribution in [1.82, 2.24) is 5.32 Å². The molecule has 1 unspecified atom stereocenters. The van der Waals surface area contributed by atoms with Crippen molar-refractivity contribution in [2.75, 3.05) is 26.2 Å². The molecule has 0 aromatic heterocycles. The molecule has 5 heteroatoms. The minimum Gasteiger partial charge on any atom is -0.466 e. The molecular weight excluding hydrogens is 292 g/mol. The normalized spacial score (nSPS) is 20.8. The van der Waals surface area contributed by atoms with Crippen molar-refractivity contribution in [1.29, 1.82) is 0 Å². The molecule has 0 aliphatic carbocycles. The highest BCUT2D eigenvalue weighted by atomic mass is 16.5. The SMILES string of the molecule is CCOC(=O)[C@H]1CCC[NH+](CC(=O)NCc2ccccc2C)C1. The summed E-state index contributed by atoms with van der Waals surface area (Å²) in [5, 5.41) is 2.98. The van der Waals surface area contributed by atoms with E-state index in [9.17, 15) is 9.59 Å². The molecule has 2 rings (SSSR count).